The number of pyridine rings is 1. The van der Waals surface area contributed by atoms with E-state index in [4.69, 9.17) is 10.5 Å². The van der Waals surface area contributed by atoms with Crippen LogP contribution in [0.1, 0.15) is 6.92 Å². The minimum Gasteiger partial charge on any atom is -0.491 e. The van der Waals surface area contributed by atoms with Gasteiger partial charge in [-0.05, 0) is 41.1 Å². The summed E-state index contributed by atoms with van der Waals surface area (Å²) < 4.78 is 21.6. The summed E-state index contributed by atoms with van der Waals surface area (Å²) in [5.74, 6) is 0.00631. The van der Waals surface area contributed by atoms with Crippen molar-refractivity contribution in [2.45, 2.75) is 6.92 Å². The third-order valence-electron chi connectivity index (χ3n) is 2.96. The zero-order chi connectivity index (χ0) is 15.0. The monoisotopic (exact) mass is 350 g/mol. The summed E-state index contributed by atoms with van der Waals surface area (Å²) in [5.41, 5.74) is 7.68. The van der Waals surface area contributed by atoms with Crippen LogP contribution < -0.4 is 10.5 Å². The number of rotatable bonds is 3. The predicted molar refractivity (Wildman–Crippen MR) is 82.1 cm³/mol. The number of fused-ring (bicyclic) bond motifs is 1. The van der Waals surface area contributed by atoms with Gasteiger partial charge in [0.15, 0.2) is 17.2 Å². The van der Waals surface area contributed by atoms with Crippen LogP contribution in [0.2, 0.25) is 0 Å². The largest absolute Gasteiger partial charge is 0.491 e. The summed E-state index contributed by atoms with van der Waals surface area (Å²) in [6.45, 7) is 2.21. The Hall–Kier alpha value is -2.15. The molecule has 3 aromatic rings. The first-order chi connectivity index (χ1) is 10.1. The van der Waals surface area contributed by atoms with E-state index in [1.54, 1.807) is 35.9 Å². The van der Waals surface area contributed by atoms with Gasteiger partial charge in [-0.3, -0.25) is 4.57 Å². The molecule has 5 nitrogen and oxygen atoms in total. The molecule has 0 aliphatic heterocycles. The number of aromatic nitrogens is 3. The molecule has 0 aliphatic rings. The maximum Gasteiger partial charge on any atom is 0.207 e. The highest BCUT2D eigenvalue weighted by Crippen LogP contribution is 2.26. The maximum absolute atomic E-state index is 14.0. The molecule has 7 heteroatoms. The first-order valence-corrected chi connectivity index (χ1v) is 7.11. The van der Waals surface area contributed by atoms with Crippen LogP contribution in [0.15, 0.2) is 34.9 Å². The quantitative estimate of drug-likeness (QED) is 0.786. The van der Waals surface area contributed by atoms with E-state index in [0.717, 1.165) is 4.47 Å². The number of nitrogens with zero attached hydrogens (tertiary/aromatic N) is 3. The standard InChI is InChI=1S/C14H12BrFN4O/c1-2-21-12-4-3-9(6-10(12)16)20-13-11(19-14(20)17)5-8(15)7-18-13/h3-7H,2H2,1H3,(H2,17,19). The molecule has 2 aromatic heterocycles. The molecule has 0 unspecified atom stereocenters. The summed E-state index contributed by atoms with van der Waals surface area (Å²) in [6.07, 6.45) is 1.64. The molecule has 21 heavy (non-hydrogen) atoms. The van der Waals surface area contributed by atoms with Gasteiger partial charge in [0, 0.05) is 16.7 Å². The van der Waals surface area contributed by atoms with Crippen molar-refractivity contribution in [1.82, 2.24) is 14.5 Å². The normalized spacial score (nSPS) is 11.0. The first-order valence-electron chi connectivity index (χ1n) is 6.32. The van der Waals surface area contributed by atoms with E-state index in [0.29, 0.717) is 23.5 Å². The Morgan fingerprint density at radius 3 is 2.90 bits per heavy atom. The molecule has 1 aromatic carbocycles. The Bertz CT molecular complexity index is 818. The molecule has 108 valence electrons. The van der Waals surface area contributed by atoms with Gasteiger partial charge in [0.1, 0.15) is 5.52 Å². The van der Waals surface area contributed by atoms with Gasteiger partial charge in [-0.1, -0.05) is 0 Å². The van der Waals surface area contributed by atoms with Crippen LogP contribution >= 0.6 is 15.9 Å². The van der Waals surface area contributed by atoms with Crippen LogP contribution in [-0.4, -0.2) is 21.1 Å². The first kappa shape index (κ1) is 13.8. The molecule has 0 radical (unpaired) electrons. The van der Waals surface area contributed by atoms with Gasteiger partial charge in [-0.15, -0.1) is 0 Å². The number of anilines is 1. The highest BCUT2D eigenvalue weighted by Gasteiger charge is 2.13. The van der Waals surface area contributed by atoms with Crippen molar-refractivity contribution in [2.24, 2.45) is 0 Å². The molecule has 0 amide bonds. The number of hydrogen-bond donors (Lipinski definition) is 1. The minimum absolute atomic E-state index is 0.208. The number of nitrogens with two attached hydrogens (primary N) is 1. The molecule has 0 atom stereocenters. The van der Waals surface area contributed by atoms with Crippen LogP contribution in [-0.2, 0) is 0 Å². The fourth-order valence-electron chi connectivity index (χ4n) is 2.11. The molecule has 0 fully saturated rings. The molecule has 2 N–H and O–H groups in total. The van der Waals surface area contributed by atoms with Crippen LogP contribution in [0.25, 0.3) is 16.9 Å². The fraction of sp³-hybridized carbons (Fsp3) is 0.143. The molecule has 2 heterocycles. The minimum atomic E-state index is -0.451. The Morgan fingerprint density at radius 2 is 2.19 bits per heavy atom. The molecular formula is C14H12BrFN4O. The van der Waals surface area contributed by atoms with Gasteiger partial charge in [-0.25, -0.2) is 14.4 Å². The zero-order valence-electron chi connectivity index (χ0n) is 11.2. The van der Waals surface area contributed by atoms with Gasteiger partial charge in [0.2, 0.25) is 5.95 Å². The second-order valence-electron chi connectivity index (χ2n) is 4.35. The fourth-order valence-corrected chi connectivity index (χ4v) is 2.43. The van der Waals surface area contributed by atoms with E-state index in [9.17, 15) is 4.39 Å². The van der Waals surface area contributed by atoms with E-state index >= 15 is 0 Å². The van der Waals surface area contributed by atoms with Gasteiger partial charge in [0.05, 0.1) is 12.3 Å². The molecule has 0 saturated heterocycles. The molecule has 0 saturated carbocycles. The number of imidazole rings is 1. The lowest BCUT2D eigenvalue weighted by molar-refractivity contribution is 0.321. The Kier molecular flexibility index (Phi) is 3.50. The van der Waals surface area contributed by atoms with Crippen molar-refractivity contribution in [3.05, 3.63) is 40.8 Å². The third kappa shape index (κ3) is 2.44. The average Bonchev–Trinajstić information content (AvgIpc) is 2.76. The number of halogens is 2. The van der Waals surface area contributed by atoms with Gasteiger partial charge in [0.25, 0.3) is 0 Å². The van der Waals surface area contributed by atoms with Crippen molar-refractivity contribution < 1.29 is 9.13 Å². The second-order valence-corrected chi connectivity index (χ2v) is 5.27. The lowest BCUT2D eigenvalue weighted by Crippen LogP contribution is -2.03. The average molecular weight is 351 g/mol. The summed E-state index contributed by atoms with van der Waals surface area (Å²) in [6, 6.07) is 6.44. The van der Waals surface area contributed by atoms with Crippen LogP contribution in [0.5, 0.6) is 5.75 Å². The highest BCUT2D eigenvalue weighted by atomic mass is 79.9. The van der Waals surface area contributed by atoms with E-state index in [-0.39, 0.29) is 11.7 Å². The van der Waals surface area contributed by atoms with Crippen LogP contribution in [0.4, 0.5) is 10.3 Å². The SMILES string of the molecule is CCOc1ccc(-n2c(N)nc3cc(Br)cnc32)cc1F. The highest BCUT2D eigenvalue weighted by molar-refractivity contribution is 9.10. The summed E-state index contributed by atoms with van der Waals surface area (Å²) in [7, 11) is 0. The van der Waals surface area contributed by atoms with Crippen molar-refractivity contribution in [1.29, 1.82) is 0 Å². The Balaban J connectivity index is 2.16. The van der Waals surface area contributed by atoms with E-state index in [1.165, 1.54) is 6.07 Å². The second kappa shape index (κ2) is 5.33. The van der Waals surface area contributed by atoms with Crippen LogP contribution in [0, 0.1) is 5.82 Å². The molecular weight excluding hydrogens is 339 g/mol. The topological polar surface area (TPSA) is 66.0 Å². The van der Waals surface area contributed by atoms with Gasteiger partial charge >= 0.3 is 0 Å². The smallest absolute Gasteiger partial charge is 0.207 e. The molecule has 0 aliphatic carbocycles. The summed E-state index contributed by atoms with van der Waals surface area (Å²) in [4.78, 5) is 8.52. The molecule has 3 rings (SSSR count). The molecule has 0 spiro atoms. The molecule has 0 bridgehead atoms. The lowest BCUT2D eigenvalue weighted by Gasteiger charge is -2.09. The predicted octanol–water partition coefficient (Wildman–Crippen LogP) is 3.30. The number of ether oxygens (including phenoxy) is 1. The number of hydrogen-bond acceptors (Lipinski definition) is 4. The van der Waals surface area contributed by atoms with E-state index < -0.39 is 5.82 Å². The Labute approximate surface area is 128 Å². The number of nitrogen functional groups attached to an aromatic ring is 1. The van der Waals surface area contributed by atoms with Crippen LogP contribution in [0.3, 0.4) is 0 Å². The summed E-state index contributed by atoms with van der Waals surface area (Å²) in [5, 5.41) is 0. The van der Waals surface area contributed by atoms with E-state index in [1.807, 2.05) is 0 Å². The zero-order valence-corrected chi connectivity index (χ0v) is 12.8. The van der Waals surface area contributed by atoms with Crippen molar-refractivity contribution in [3.8, 4) is 11.4 Å². The lowest BCUT2D eigenvalue weighted by atomic mass is 10.3. The third-order valence-corrected chi connectivity index (χ3v) is 3.40. The van der Waals surface area contributed by atoms with Crippen molar-refractivity contribution in [2.75, 3.05) is 12.3 Å². The van der Waals surface area contributed by atoms with E-state index in [2.05, 4.69) is 25.9 Å². The Morgan fingerprint density at radius 1 is 1.38 bits per heavy atom. The summed E-state index contributed by atoms with van der Waals surface area (Å²) >= 11 is 3.33. The maximum atomic E-state index is 14.0. The van der Waals surface area contributed by atoms with Gasteiger partial charge in [-0.2, -0.15) is 0 Å². The number of benzene rings is 1. The van der Waals surface area contributed by atoms with Crippen molar-refractivity contribution >= 4 is 33.0 Å². The van der Waals surface area contributed by atoms with Crippen molar-refractivity contribution in [3.63, 3.8) is 0 Å². The van der Waals surface area contributed by atoms with Gasteiger partial charge < -0.3 is 10.5 Å².